The summed E-state index contributed by atoms with van der Waals surface area (Å²) in [5.74, 6) is 3.63. The third kappa shape index (κ3) is 2.54. The van der Waals surface area contributed by atoms with Crippen LogP contribution in [0.5, 0.6) is 0 Å². The van der Waals surface area contributed by atoms with Gasteiger partial charge in [0.25, 0.3) is 0 Å². The van der Waals surface area contributed by atoms with Gasteiger partial charge in [-0.3, -0.25) is 0 Å². The van der Waals surface area contributed by atoms with E-state index in [9.17, 15) is 5.11 Å². The first-order valence-corrected chi connectivity index (χ1v) is 10.2. The molecule has 0 aromatic rings. The molecule has 0 aromatic heterocycles. The van der Waals surface area contributed by atoms with Crippen LogP contribution in [0.1, 0.15) is 78.1 Å². The Hall–Kier alpha value is -0.560. The van der Waals surface area contributed by atoms with Crippen molar-refractivity contribution in [1.82, 2.24) is 0 Å². The average Bonchev–Trinajstić information content (AvgIpc) is 2.89. The lowest BCUT2D eigenvalue weighted by molar-refractivity contribution is 0.00822. The van der Waals surface area contributed by atoms with E-state index >= 15 is 0 Å². The van der Waals surface area contributed by atoms with Gasteiger partial charge in [-0.15, -0.1) is 0 Å². The maximum absolute atomic E-state index is 9.97. The topological polar surface area (TPSA) is 20.2 Å². The van der Waals surface area contributed by atoms with Gasteiger partial charge in [0.2, 0.25) is 0 Å². The fourth-order valence-electron chi connectivity index (χ4n) is 6.81. The predicted molar refractivity (Wildman–Crippen MR) is 96.1 cm³/mol. The summed E-state index contributed by atoms with van der Waals surface area (Å²) in [6.07, 6.45) is 17.8. The molecule has 3 fully saturated rings. The van der Waals surface area contributed by atoms with Crippen LogP contribution in [-0.4, -0.2) is 11.2 Å². The number of rotatable bonds is 2. The summed E-state index contributed by atoms with van der Waals surface area (Å²) in [6.45, 7) is 4.90. The smallest absolute Gasteiger partial charge is 0.0723 e. The van der Waals surface area contributed by atoms with Gasteiger partial charge in [0.1, 0.15) is 0 Å². The Morgan fingerprint density at radius 3 is 2.83 bits per heavy atom. The van der Waals surface area contributed by atoms with Gasteiger partial charge in [-0.2, -0.15) is 0 Å². The molecule has 3 unspecified atom stereocenters. The highest BCUT2D eigenvalue weighted by molar-refractivity contribution is 5.26. The Bertz CT molecular complexity index is 516. The molecule has 6 atom stereocenters. The Morgan fingerprint density at radius 2 is 2.00 bits per heavy atom. The number of aliphatic hydroxyl groups is 1. The number of aliphatic hydroxyl groups excluding tert-OH is 1. The van der Waals surface area contributed by atoms with Crippen LogP contribution < -0.4 is 0 Å². The van der Waals surface area contributed by atoms with Crippen LogP contribution in [0.15, 0.2) is 23.3 Å². The molecular formula is C22H34O. The first-order chi connectivity index (χ1) is 11.1. The van der Waals surface area contributed by atoms with E-state index in [1.807, 2.05) is 5.57 Å². The quantitative estimate of drug-likeness (QED) is 0.653. The molecule has 23 heavy (non-hydrogen) atoms. The lowest BCUT2D eigenvalue weighted by Crippen LogP contribution is -2.45. The molecule has 0 heterocycles. The SMILES string of the molecule is CCCC=C1CCC2C3CCC4=C[C@@H](O)CC[C@@H]4C3CC[C@]12C. The first-order valence-electron chi connectivity index (χ1n) is 10.2. The van der Waals surface area contributed by atoms with Gasteiger partial charge < -0.3 is 5.11 Å². The fraction of sp³-hybridized carbons (Fsp3) is 0.818. The minimum atomic E-state index is -0.151. The standard InChI is InChI=1S/C22H34O/c1-3-4-5-16-7-11-21-20-9-6-15-14-17(23)8-10-18(15)19(20)12-13-22(16,21)2/h5,14,17-21,23H,3-4,6-13H2,1-2H3/t17-,18-,19?,20?,21?,22+/m0/s1. The predicted octanol–water partition coefficient (Wildman–Crippen LogP) is 5.65. The van der Waals surface area contributed by atoms with Gasteiger partial charge in [0.15, 0.2) is 0 Å². The zero-order chi connectivity index (χ0) is 16.0. The van der Waals surface area contributed by atoms with Crippen LogP contribution in [0.3, 0.4) is 0 Å². The van der Waals surface area contributed by atoms with Crippen LogP contribution >= 0.6 is 0 Å². The molecule has 0 radical (unpaired) electrons. The lowest BCUT2D eigenvalue weighted by Gasteiger charge is -2.53. The van der Waals surface area contributed by atoms with Crippen molar-refractivity contribution in [3.8, 4) is 0 Å². The summed E-state index contributed by atoms with van der Waals surface area (Å²) in [5.41, 5.74) is 3.95. The minimum absolute atomic E-state index is 0.151. The van der Waals surface area contributed by atoms with Crippen LogP contribution in [0.25, 0.3) is 0 Å². The maximum Gasteiger partial charge on any atom is 0.0723 e. The molecular weight excluding hydrogens is 280 g/mol. The van der Waals surface area contributed by atoms with E-state index in [2.05, 4.69) is 26.0 Å². The number of unbranched alkanes of at least 4 members (excludes halogenated alkanes) is 1. The maximum atomic E-state index is 9.97. The van der Waals surface area contributed by atoms with E-state index in [4.69, 9.17) is 0 Å². The Labute approximate surface area is 142 Å². The largest absolute Gasteiger partial charge is 0.389 e. The molecule has 1 nitrogen and oxygen atoms in total. The van der Waals surface area contributed by atoms with Gasteiger partial charge in [0.05, 0.1) is 6.10 Å². The van der Waals surface area contributed by atoms with Gasteiger partial charge in [0, 0.05) is 0 Å². The van der Waals surface area contributed by atoms with Crippen molar-refractivity contribution in [2.24, 2.45) is 29.1 Å². The molecule has 0 aromatic carbocycles. The molecule has 128 valence electrons. The number of hydrogen-bond donors (Lipinski definition) is 1. The third-order valence-electron chi connectivity index (χ3n) is 7.96. The second-order valence-corrected chi connectivity index (χ2v) is 8.98. The summed E-state index contributed by atoms with van der Waals surface area (Å²) in [5, 5.41) is 9.97. The van der Waals surface area contributed by atoms with Crippen molar-refractivity contribution in [3.05, 3.63) is 23.3 Å². The van der Waals surface area contributed by atoms with Crippen LogP contribution in [0, 0.1) is 29.1 Å². The highest BCUT2D eigenvalue weighted by atomic mass is 16.3. The Kier molecular flexibility index (Phi) is 4.20. The van der Waals surface area contributed by atoms with Gasteiger partial charge >= 0.3 is 0 Å². The molecule has 0 amide bonds. The molecule has 1 heteroatoms. The van der Waals surface area contributed by atoms with Crippen molar-refractivity contribution in [2.45, 2.75) is 84.2 Å². The summed E-state index contributed by atoms with van der Waals surface area (Å²) in [7, 11) is 0. The fourth-order valence-corrected chi connectivity index (χ4v) is 6.81. The molecule has 1 N–H and O–H groups in total. The summed E-state index contributed by atoms with van der Waals surface area (Å²) < 4.78 is 0. The third-order valence-corrected chi connectivity index (χ3v) is 7.96. The highest BCUT2D eigenvalue weighted by Gasteiger charge is 2.54. The Balaban J connectivity index is 1.57. The zero-order valence-electron chi connectivity index (χ0n) is 15.1. The van der Waals surface area contributed by atoms with Crippen molar-refractivity contribution >= 4 is 0 Å². The van der Waals surface area contributed by atoms with Crippen molar-refractivity contribution in [2.75, 3.05) is 0 Å². The average molecular weight is 315 g/mol. The molecule has 0 aliphatic heterocycles. The molecule has 4 aliphatic carbocycles. The number of allylic oxidation sites excluding steroid dienone is 3. The second kappa shape index (κ2) is 6.06. The molecule has 4 rings (SSSR count). The van der Waals surface area contributed by atoms with Crippen molar-refractivity contribution in [1.29, 1.82) is 0 Å². The first kappa shape index (κ1) is 15.9. The van der Waals surface area contributed by atoms with E-state index in [0.29, 0.717) is 5.41 Å². The summed E-state index contributed by atoms with van der Waals surface area (Å²) in [4.78, 5) is 0. The zero-order valence-corrected chi connectivity index (χ0v) is 15.1. The lowest BCUT2D eigenvalue weighted by atomic mass is 9.52. The number of fused-ring (bicyclic) bond motifs is 5. The van der Waals surface area contributed by atoms with Crippen LogP contribution in [0.4, 0.5) is 0 Å². The van der Waals surface area contributed by atoms with E-state index in [-0.39, 0.29) is 6.10 Å². The van der Waals surface area contributed by atoms with Gasteiger partial charge in [-0.1, -0.05) is 43.6 Å². The normalized spacial score (nSPS) is 47.7. The van der Waals surface area contributed by atoms with Crippen molar-refractivity contribution in [3.63, 3.8) is 0 Å². The monoisotopic (exact) mass is 314 g/mol. The van der Waals surface area contributed by atoms with Crippen LogP contribution in [0.2, 0.25) is 0 Å². The molecule has 3 saturated carbocycles. The Morgan fingerprint density at radius 1 is 1.13 bits per heavy atom. The second-order valence-electron chi connectivity index (χ2n) is 8.98. The van der Waals surface area contributed by atoms with E-state index < -0.39 is 0 Å². The molecule has 0 saturated heterocycles. The molecule has 0 bridgehead atoms. The minimum Gasteiger partial charge on any atom is -0.389 e. The van der Waals surface area contributed by atoms with Gasteiger partial charge in [-0.05, 0) is 86.9 Å². The molecule has 0 spiro atoms. The summed E-state index contributed by atoms with van der Waals surface area (Å²) >= 11 is 0. The van der Waals surface area contributed by atoms with E-state index in [0.717, 1.165) is 30.1 Å². The van der Waals surface area contributed by atoms with E-state index in [1.165, 1.54) is 57.8 Å². The molecule has 4 aliphatic rings. The van der Waals surface area contributed by atoms with Gasteiger partial charge in [-0.25, -0.2) is 0 Å². The van der Waals surface area contributed by atoms with E-state index in [1.54, 1.807) is 5.57 Å². The summed E-state index contributed by atoms with van der Waals surface area (Å²) in [6, 6.07) is 0. The highest BCUT2D eigenvalue weighted by Crippen LogP contribution is 2.63. The number of hydrogen-bond acceptors (Lipinski definition) is 1. The van der Waals surface area contributed by atoms with Crippen LogP contribution in [-0.2, 0) is 0 Å². The van der Waals surface area contributed by atoms with Crippen molar-refractivity contribution < 1.29 is 5.11 Å².